The van der Waals surface area contributed by atoms with Crippen LogP contribution in [0.15, 0.2) is 42.5 Å². The second-order valence-electron chi connectivity index (χ2n) is 6.14. The molecule has 0 fully saturated rings. The minimum absolute atomic E-state index is 0.268. The molecular weight excluding hydrogens is 398 g/mol. The molecule has 2 rings (SSSR count). The number of benzene rings is 2. The van der Waals surface area contributed by atoms with E-state index in [2.05, 4.69) is 10.6 Å². The van der Waals surface area contributed by atoms with Crippen LogP contribution in [0.4, 0.5) is 11.4 Å². The predicted octanol–water partition coefficient (Wildman–Crippen LogP) is 1.79. The van der Waals surface area contributed by atoms with E-state index in [-0.39, 0.29) is 23.9 Å². The van der Waals surface area contributed by atoms with Gasteiger partial charge in [0.1, 0.15) is 11.5 Å². The Bertz CT molecular complexity index is 993. The number of likely N-dealkylation sites (N-methyl/N-ethyl adjacent to an activating group) is 1. The molecule has 2 N–H and O–H groups in total. The fourth-order valence-corrected chi connectivity index (χ4v) is 2.74. The number of sulfonamides is 1. The number of carbonyl (C=O) groups is 2. The van der Waals surface area contributed by atoms with E-state index in [1.165, 1.54) is 33.4 Å². The Morgan fingerprint density at radius 1 is 0.966 bits per heavy atom. The van der Waals surface area contributed by atoms with E-state index >= 15 is 0 Å². The van der Waals surface area contributed by atoms with Gasteiger partial charge in [0.15, 0.2) is 0 Å². The van der Waals surface area contributed by atoms with Gasteiger partial charge in [-0.3, -0.25) is 9.59 Å². The Kier molecular flexibility index (Phi) is 7.18. The lowest BCUT2D eigenvalue weighted by molar-refractivity contribution is -0.116. The second kappa shape index (κ2) is 9.39. The zero-order valence-corrected chi connectivity index (χ0v) is 17.4. The minimum Gasteiger partial charge on any atom is -0.494 e. The van der Waals surface area contributed by atoms with Crippen LogP contribution < -0.4 is 20.1 Å². The van der Waals surface area contributed by atoms with Crippen molar-refractivity contribution in [1.82, 2.24) is 4.31 Å². The number of rotatable bonds is 8. The van der Waals surface area contributed by atoms with Crippen molar-refractivity contribution in [1.29, 1.82) is 0 Å². The van der Waals surface area contributed by atoms with E-state index in [1.807, 2.05) is 0 Å². The average Bonchev–Trinajstić information content (AvgIpc) is 2.68. The van der Waals surface area contributed by atoms with Gasteiger partial charge in [-0.2, -0.15) is 4.31 Å². The topological polar surface area (TPSA) is 114 Å². The smallest absolute Gasteiger partial charge is 0.255 e. The monoisotopic (exact) mass is 421 g/mol. The third-order valence-corrected chi connectivity index (χ3v) is 5.27. The maximum Gasteiger partial charge on any atom is 0.255 e. The average molecular weight is 421 g/mol. The number of ether oxygens (including phenoxy) is 2. The second-order valence-corrected chi connectivity index (χ2v) is 8.23. The Balaban J connectivity index is 2.25. The van der Waals surface area contributed by atoms with E-state index in [9.17, 15) is 18.0 Å². The summed E-state index contributed by atoms with van der Waals surface area (Å²) in [6.45, 7) is -0.364. The maximum atomic E-state index is 12.4. The lowest BCUT2D eigenvalue weighted by Crippen LogP contribution is -2.34. The van der Waals surface area contributed by atoms with Gasteiger partial charge in [0.05, 0.1) is 38.4 Å². The standard InChI is InChI=1S/C19H23N3O6S/c1-22(29(4,25)26)12-18(23)20-14-10-17(28-3)15(11-16(14)27-2)21-19(24)13-8-6-5-7-9-13/h5-11H,12H2,1-4H3,(H,20,23)(H,21,24). The molecule has 0 saturated carbocycles. The van der Waals surface area contributed by atoms with Crippen molar-refractivity contribution in [2.45, 2.75) is 0 Å². The van der Waals surface area contributed by atoms with Gasteiger partial charge in [-0.1, -0.05) is 18.2 Å². The molecule has 0 atom stereocenters. The highest BCUT2D eigenvalue weighted by Crippen LogP contribution is 2.36. The minimum atomic E-state index is -3.50. The Hall–Kier alpha value is -3.11. The van der Waals surface area contributed by atoms with E-state index in [0.717, 1.165) is 10.6 Å². The van der Waals surface area contributed by atoms with Crippen LogP contribution in [0, 0.1) is 0 Å². The summed E-state index contributed by atoms with van der Waals surface area (Å²) in [5.74, 6) is -0.330. The number of nitrogens with one attached hydrogen (secondary N) is 2. The first-order chi connectivity index (χ1) is 13.7. The molecule has 29 heavy (non-hydrogen) atoms. The van der Waals surface area contributed by atoms with Crippen molar-refractivity contribution in [3.05, 3.63) is 48.0 Å². The number of nitrogens with zero attached hydrogens (tertiary/aromatic N) is 1. The molecule has 2 aromatic carbocycles. The van der Waals surface area contributed by atoms with Gasteiger partial charge in [0.25, 0.3) is 5.91 Å². The predicted molar refractivity (Wildman–Crippen MR) is 110 cm³/mol. The van der Waals surface area contributed by atoms with Crippen molar-refractivity contribution in [3.63, 3.8) is 0 Å². The van der Waals surface area contributed by atoms with Crippen LogP contribution in [0.3, 0.4) is 0 Å². The quantitative estimate of drug-likeness (QED) is 0.672. The van der Waals surface area contributed by atoms with E-state index < -0.39 is 15.9 Å². The number of methoxy groups -OCH3 is 2. The van der Waals surface area contributed by atoms with Crippen LogP contribution in [-0.2, 0) is 14.8 Å². The third-order valence-electron chi connectivity index (χ3n) is 4.01. The molecule has 10 heteroatoms. The van der Waals surface area contributed by atoms with Gasteiger partial charge < -0.3 is 20.1 Å². The van der Waals surface area contributed by atoms with Gasteiger partial charge in [-0.05, 0) is 12.1 Å². The highest BCUT2D eigenvalue weighted by Gasteiger charge is 2.19. The molecule has 0 aliphatic carbocycles. The summed E-state index contributed by atoms with van der Waals surface area (Å²) in [5.41, 5.74) is 1.09. The summed E-state index contributed by atoms with van der Waals surface area (Å²) in [6, 6.07) is 11.6. The van der Waals surface area contributed by atoms with Crippen LogP contribution in [0.2, 0.25) is 0 Å². The van der Waals surface area contributed by atoms with Crippen molar-refractivity contribution < 1.29 is 27.5 Å². The zero-order valence-electron chi connectivity index (χ0n) is 16.6. The number of amides is 2. The SMILES string of the molecule is COc1cc(NC(=O)c2ccccc2)c(OC)cc1NC(=O)CN(C)S(C)(=O)=O. The van der Waals surface area contributed by atoms with E-state index in [1.54, 1.807) is 30.3 Å². The molecule has 0 aliphatic rings. The fraction of sp³-hybridized carbons (Fsp3) is 0.263. The maximum absolute atomic E-state index is 12.4. The molecule has 2 aromatic rings. The largest absolute Gasteiger partial charge is 0.494 e. The van der Waals surface area contributed by atoms with Crippen molar-refractivity contribution >= 4 is 33.2 Å². The molecule has 0 aromatic heterocycles. The molecule has 0 bridgehead atoms. The summed E-state index contributed by atoms with van der Waals surface area (Å²) in [5, 5.41) is 5.33. The van der Waals surface area contributed by atoms with Crippen molar-refractivity contribution in [3.8, 4) is 11.5 Å². The van der Waals surface area contributed by atoms with Crippen molar-refractivity contribution in [2.75, 3.05) is 44.7 Å². The lowest BCUT2D eigenvalue weighted by Gasteiger charge is -2.18. The molecule has 0 unspecified atom stereocenters. The first-order valence-electron chi connectivity index (χ1n) is 8.49. The van der Waals surface area contributed by atoms with Crippen LogP contribution in [0.1, 0.15) is 10.4 Å². The number of hydrogen-bond donors (Lipinski definition) is 2. The van der Waals surface area contributed by atoms with Gasteiger partial charge in [0, 0.05) is 24.7 Å². The van der Waals surface area contributed by atoms with Crippen LogP contribution in [0.5, 0.6) is 11.5 Å². The lowest BCUT2D eigenvalue weighted by atomic mass is 10.2. The number of carbonyl (C=O) groups excluding carboxylic acids is 2. The summed E-state index contributed by atoms with van der Waals surface area (Å²) in [6.07, 6.45) is 1.01. The van der Waals surface area contributed by atoms with Crippen LogP contribution in [-0.4, -0.2) is 58.6 Å². The van der Waals surface area contributed by atoms with Gasteiger partial charge >= 0.3 is 0 Å². The summed E-state index contributed by atoms with van der Waals surface area (Å²) < 4.78 is 34.5. The van der Waals surface area contributed by atoms with Gasteiger partial charge in [-0.15, -0.1) is 0 Å². The Labute approximate surface area is 169 Å². The fourth-order valence-electron chi connectivity index (χ4n) is 2.39. The van der Waals surface area contributed by atoms with Gasteiger partial charge in [0.2, 0.25) is 15.9 Å². The molecule has 0 spiro atoms. The van der Waals surface area contributed by atoms with Crippen LogP contribution in [0.25, 0.3) is 0 Å². The van der Waals surface area contributed by atoms with E-state index in [0.29, 0.717) is 17.0 Å². The van der Waals surface area contributed by atoms with Crippen molar-refractivity contribution in [2.24, 2.45) is 0 Å². The molecule has 0 saturated heterocycles. The highest BCUT2D eigenvalue weighted by atomic mass is 32.2. The summed E-state index contributed by atoms with van der Waals surface area (Å²) in [4.78, 5) is 24.6. The zero-order chi connectivity index (χ0) is 21.6. The van der Waals surface area contributed by atoms with Crippen LogP contribution >= 0.6 is 0 Å². The molecule has 156 valence electrons. The Morgan fingerprint density at radius 2 is 1.48 bits per heavy atom. The normalized spacial score (nSPS) is 11.1. The number of anilines is 2. The molecule has 0 heterocycles. The molecule has 9 nitrogen and oxygen atoms in total. The molecular formula is C19H23N3O6S. The first-order valence-corrected chi connectivity index (χ1v) is 10.3. The highest BCUT2D eigenvalue weighted by molar-refractivity contribution is 7.88. The van der Waals surface area contributed by atoms with Gasteiger partial charge in [-0.25, -0.2) is 8.42 Å². The summed E-state index contributed by atoms with van der Waals surface area (Å²) in [7, 11) is 0.630. The Morgan fingerprint density at radius 3 is 1.97 bits per heavy atom. The van der Waals surface area contributed by atoms with E-state index in [4.69, 9.17) is 9.47 Å². The third kappa shape index (κ3) is 5.93. The number of hydrogen-bond acceptors (Lipinski definition) is 6. The molecule has 2 amide bonds. The first kappa shape index (κ1) is 22.2. The molecule has 0 radical (unpaired) electrons. The molecule has 0 aliphatic heterocycles. The summed E-state index contributed by atoms with van der Waals surface area (Å²) >= 11 is 0.